The Kier molecular flexibility index (Phi) is 22.9. The third-order valence-electron chi connectivity index (χ3n) is 12.6. The Morgan fingerprint density at radius 2 is 1.62 bits per heavy atom. The zero-order chi connectivity index (χ0) is 54.6. The van der Waals surface area contributed by atoms with Crippen molar-refractivity contribution >= 4 is 74.7 Å². The van der Waals surface area contributed by atoms with Crippen LogP contribution >= 0.6 is 22.9 Å². The van der Waals surface area contributed by atoms with Gasteiger partial charge in [0.1, 0.15) is 35.8 Å². The summed E-state index contributed by atoms with van der Waals surface area (Å²) in [5, 5.41) is 23.1. The molecular formula is C56H73ClFN9O8S. The van der Waals surface area contributed by atoms with Crippen LogP contribution in [-0.4, -0.2) is 132 Å². The third kappa shape index (κ3) is 18.3. The molecule has 3 atom stereocenters. The van der Waals surface area contributed by atoms with Crippen molar-refractivity contribution in [3.05, 3.63) is 101 Å². The van der Waals surface area contributed by atoms with Gasteiger partial charge in [-0.3, -0.25) is 19.2 Å². The van der Waals surface area contributed by atoms with Crippen LogP contribution in [0.25, 0.3) is 21.3 Å². The first-order chi connectivity index (χ1) is 36.5. The highest BCUT2D eigenvalue weighted by molar-refractivity contribution is 7.13. The number of thiazole rings is 1. The summed E-state index contributed by atoms with van der Waals surface area (Å²) in [7, 11) is 3.83. The van der Waals surface area contributed by atoms with Crippen LogP contribution < -0.4 is 26.0 Å². The summed E-state index contributed by atoms with van der Waals surface area (Å²) in [5.74, 6) is -0.925. The molecule has 5 N–H and O–H groups in total. The van der Waals surface area contributed by atoms with E-state index in [9.17, 15) is 28.7 Å². The van der Waals surface area contributed by atoms with Crippen LogP contribution in [0.4, 0.5) is 21.6 Å². The van der Waals surface area contributed by atoms with Crippen molar-refractivity contribution in [1.82, 2.24) is 35.4 Å². The number of carbonyl (C=O) groups is 4. The van der Waals surface area contributed by atoms with E-state index >= 15 is 0 Å². The highest BCUT2D eigenvalue weighted by Gasteiger charge is 2.44. The number of fused-ring (bicyclic) bond motifs is 1. The minimum absolute atomic E-state index is 0.0146. The molecule has 0 unspecified atom stereocenters. The molecule has 5 aromatic rings. The molecule has 1 aliphatic heterocycles. The van der Waals surface area contributed by atoms with Crippen molar-refractivity contribution in [2.45, 2.75) is 110 Å². The molecule has 6 rings (SSSR count). The maximum Gasteiger partial charge on any atom is 0.248 e. The van der Waals surface area contributed by atoms with Crippen molar-refractivity contribution in [2.75, 3.05) is 70.9 Å². The number of β-amino-alcohol motifs (C(OH)–C–C–N with tert-alkyl or cyclic N) is 1. The van der Waals surface area contributed by atoms with E-state index in [4.69, 9.17) is 25.8 Å². The van der Waals surface area contributed by atoms with E-state index < -0.39 is 29.4 Å². The van der Waals surface area contributed by atoms with Gasteiger partial charge in [-0.05, 0) is 100 Å². The number of anilines is 3. The number of aliphatic hydroxyl groups is 1. The first kappa shape index (κ1) is 59.2. The Morgan fingerprint density at radius 3 is 2.28 bits per heavy atom. The molecule has 3 heterocycles. The molecule has 4 amide bonds. The molecule has 3 aromatic carbocycles. The number of unbranched alkanes of at least 4 members (excludes halogenated alkanes) is 4. The number of nitrogens with zero attached hydrogens (tertiary/aromatic N) is 5. The maximum atomic E-state index is 14.0. The van der Waals surface area contributed by atoms with Crippen molar-refractivity contribution in [3.63, 3.8) is 0 Å². The van der Waals surface area contributed by atoms with Crippen LogP contribution in [0, 0.1) is 18.2 Å². The highest BCUT2D eigenvalue weighted by atomic mass is 35.5. The van der Waals surface area contributed by atoms with Gasteiger partial charge in [0.05, 0.1) is 45.0 Å². The summed E-state index contributed by atoms with van der Waals surface area (Å²) in [6.07, 6.45) is 9.58. The number of halogens is 2. The van der Waals surface area contributed by atoms with E-state index in [-0.39, 0.29) is 54.6 Å². The van der Waals surface area contributed by atoms with Gasteiger partial charge >= 0.3 is 0 Å². The van der Waals surface area contributed by atoms with Gasteiger partial charge in [0.25, 0.3) is 0 Å². The predicted molar refractivity (Wildman–Crippen MR) is 296 cm³/mol. The number of hydrogen-bond donors (Lipinski definition) is 5. The fourth-order valence-electron chi connectivity index (χ4n) is 8.44. The molecule has 20 heteroatoms. The van der Waals surface area contributed by atoms with Gasteiger partial charge in [-0.1, -0.05) is 69.1 Å². The van der Waals surface area contributed by atoms with Gasteiger partial charge in [0.2, 0.25) is 23.6 Å². The van der Waals surface area contributed by atoms with Crippen LogP contribution in [0.2, 0.25) is 5.02 Å². The summed E-state index contributed by atoms with van der Waals surface area (Å²) >= 11 is 7.58. The minimum Gasteiger partial charge on any atom is -0.491 e. The fraction of sp³-hybridized carbons (Fsp3) is 0.482. The zero-order valence-electron chi connectivity index (χ0n) is 44.5. The van der Waals surface area contributed by atoms with E-state index in [0.717, 1.165) is 53.8 Å². The monoisotopic (exact) mass is 1090 g/mol. The number of aryl methyl sites for hydroxylation is 1. The van der Waals surface area contributed by atoms with Gasteiger partial charge in [-0.2, -0.15) is 0 Å². The highest BCUT2D eigenvalue weighted by Crippen LogP contribution is 2.35. The number of ether oxygens (including phenoxy) is 3. The summed E-state index contributed by atoms with van der Waals surface area (Å²) in [5.41, 5.74) is 5.66. The second kappa shape index (κ2) is 29.4. The molecule has 2 aromatic heterocycles. The van der Waals surface area contributed by atoms with Crippen LogP contribution in [-0.2, 0) is 35.2 Å². The average Bonchev–Trinajstić information content (AvgIpc) is 4.00. The molecular weight excluding hydrogens is 1010 g/mol. The average molecular weight is 1090 g/mol. The van der Waals surface area contributed by atoms with Gasteiger partial charge < -0.3 is 50.4 Å². The fourth-order valence-corrected chi connectivity index (χ4v) is 9.43. The number of nitrogens with one attached hydrogen (secondary N) is 4. The van der Waals surface area contributed by atoms with Crippen molar-refractivity contribution in [1.29, 1.82) is 0 Å². The summed E-state index contributed by atoms with van der Waals surface area (Å²) in [6.45, 7) is 11.2. The predicted octanol–water partition coefficient (Wildman–Crippen LogP) is 9.00. The van der Waals surface area contributed by atoms with Crippen LogP contribution in [0.1, 0.15) is 89.8 Å². The number of aromatic nitrogens is 3. The Bertz CT molecular complexity index is 2740. The Morgan fingerprint density at radius 1 is 0.921 bits per heavy atom. The lowest BCUT2D eigenvalue weighted by Crippen LogP contribution is -2.57. The zero-order valence-corrected chi connectivity index (χ0v) is 46.0. The standard InChI is InChI=1S/C56H73ClFN9O8S/c1-37-51(76-36-62-37)39-19-17-38(18-20-39)33-59-54(71)47-30-41(68)34-67(47)55(72)52(56(2,3)4)65-50(70)15-8-7-9-24-73-25-10-11-26-74-27-12-13-28-75-48-32-45-42(31-46(48)64-49(69)16-14-23-66(5)6)53(61-35-60-45)63-40-21-22-44(58)43(57)29-40/h14,16-22,29,31-32,35-36,41,47,52,68H,7-13,15,23-28,30,33-34H2,1-6H3,(H,59,71)(H,64,69)(H,65,70)(H,60,61,63)/b16-14+/t41-,47+,52-/m1/s1. The lowest BCUT2D eigenvalue weighted by Gasteiger charge is -2.35. The minimum atomic E-state index is -0.879. The topological polar surface area (TPSA) is 209 Å². The first-order valence-electron chi connectivity index (χ1n) is 25.9. The number of amides is 4. The van der Waals surface area contributed by atoms with Gasteiger partial charge in [-0.25, -0.2) is 19.3 Å². The number of likely N-dealkylation sites (tertiary alicyclic amines) is 1. The van der Waals surface area contributed by atoms with Crippen molar-refractivity contribution in [3.8, 4) is 16.2 Å². The molecule has 0 saturated carbocycles. The van der Waals surface area contributed by atoms with Gasteiger partial charge in [0, 0.05) is 82.1 Å². The van der Waals surface area contributed by atoms with Crippen LogP contribution in [0.3, 0.4) is 0 Å². The molecule has 76 heavy (non-hydrogen) atoms. The normalized spacial score (nSPS) is 15.1. The van der Waals surface area contributed by atoms with Crippen molar-refractivity contribution < 1.29 is 42.9 Å². The summed E-state index contributed by atoms with van der Waals surface area (Å²) in [6, 6.07) is 14.0. The first-order valence-corrected chi connectivity index (χ1v) is 27.2. The van der Waals surface area contributed by atoms with Crippen molar-refractivity contribution in [2.24, 2.45) is 5.41 Å². The molecule has 410 valence electrons. The van der Waals surface area contributed by atoms with Crippen LogP contribution in [0.15, 0.2) is 78.6 Å². The smallest absolute Gasteiger partial charge is 0.248 e. The number of likely N-dealkylation sites (N-methyl/N-ethyl adjacent to an activating group) is 1. The molecule has 0 bridgehead atoms. The Labute approximate surface area is 454 Å². The number of benzene rings is 3. The lowest BCUT2D eigenvalue weighted by atomic mass is 9.85. The second-order valence-corrected chi connectivity index (χ2v) is 21.5. The Hall–Kier alpha value is -6.09. The quantitative estimate of drug-likeness (QED) is 0.0224. The lowest BCUT2D eigenvalue weighted by molar-refractivity contribution is -0.144. The van der Waals surface area contributed by atoms with E-state index in [1.165, 1.54) is 29.4 Å². The molecule has 1 fully saturated rings. The number of aliphatic hydroxyl groups excluding tert-OH is 1. The molecule has 17 nitrogen and oxygen atoms in total. The molecule has 0 radical (unpaired) electrons. The number of hydrogen-bond acceptors (Lipinski definition) is 14. The van der Waals surface area contributed by atoms with E-state index in [1.807, 2.05) is 76.5 Å². The SMILES string of the molecule is Cc1ncsc1-c1ccc(CNC(=O)[C@@H]2C[C@@H](O)CN2C(=O)[C@@H](NC(=O)CCCCCOCCCCOCCCCOc2cc3ncnc(Nc4ccc(F)c(Cl)c4)c3cc2NC(=O)/C=C/CN(C)C)C(C)(C)C)cc1. The van der Waals surface area contributed by atoms with E-state index in [1.54, 1.807) is 35.6 Å². The maximum absolute atomic E-state index is 14.0. The van der Waals surface area contributed by atoms with Crippen LogP contribution in [0.5, 0.6) is 5.75 Å². The van der Waals surface area contributed by atoms with E-state index in [0.29, 0.717) is 86.3 Å². The second-order valence-electron chi connectivity index (χ2n) is 20.2. The molecule has 0 aliphatic carbocycles. The van der Waals surface area contributed by atoms with Gasteiger partial charge in [0.15, 0.2) is 0 Å². The number of carbonyl (C=O) groups excluding carboxylic acids is 4. The molecule has 1 saturated heterocycles. The summed E-state index contributed by atoms with van der Waals surface area (Å²) < 4.78 is 31.7. The Balaban J connectivity index is 0.834. The van der Waals surface area contributed by atoms with Gasteiger partial charge in [-0.15, -0.1) is 11.3 Å². The molecule has 1 aliphatic rings. The largest absolute Gasteiger partial charge is 0.491 e. The molecule has 0 spiro atoms. The van der Waals surface area contributed by atoms with E-state index in [2.05, 4.69) is 36.2 Å². The summed E-state index contributed by atoms with van der Waals surface area (Å²) in [4.78, 5) is 71.1. The number of rotatable bonds is 29. The third-order valence-corrected chi connectivity index (χ3v) is 13.9.